The summed E-state index contributed by atoms with van der Waals surface area (Å²) in [6, 6.07) is -0.376. The van der Waals surface area contributed by atoms with Crippen molar-refractivity contribution in [2.45, 2.75) is 77.4 Å². The summed E-state index contributed by atoms with van der Waals surface area (Å²) in [4.78, 5) is 0. The molecule has 116 valence electrons. The fourth-order valence-corrected chi connectivity index (χ4v) is 2.32. The molecule has 2 N–H and O–H groups in total. The van der Waals surface area contributed by atoms with E-state index in [9.17, 15) is 10.2 Å². The SMILES string of the molecule is CCCCCc1cn([C@@H](CO)[C@H](O)CCCCC)nn1. The van der Waals surface area contributed by atoms with Crippen LogP contribution in [0.25, 0.3) is 0 Å². The van der Waals surface area contributed by atoms with Gasteiger partial charge < -0.3 is 10.2 Å². The van der Waals surface area contributed by atoms with Crippen molar-refractivity contribution in [3.05, 3.63) is 11.9 Å². The number of hydrogen-bond acceptors (Lipinski definition) is 4. The predicted molar refractivity (Wildman–Crippen MR) is 79.5 cm³/mol. The fourth-order valence-electron chi connectivity index (χ4n) is 2.32. The highest BCUT2D eigenvalue weighted by atomic mass is 16.3. The molecule has 1 rings (SSSR count). The van der Waals surface area contributed by atoms with Crippen molar-refractivity contribution >= 4 is 0 Å². The number of aryl methyl sites for hydroxylation is 1. The minimum absolute atomic E-state index is 0.106. The monoisotopic (exact) mass is 283 g/mol. The highest BCUT2D eigenvalue weighted by molar-refractivity contribution is 4.94. The Balaban J connectivity index is 2.51. The first-order valence-corrected chi connectivity index (χ1v) is 7.92. The van der Waals surface area contributed by atoms with Crippen LogP contribution in [0.3, 0.4) is 0 Å². The Hall–Kier alpha value is -0.940. The number of aromatic nitrogens is 3. The Morgan fingerprint density at radius 2 is 1.85 bits per heavy atom. The van der Waals surface area contributed by atoms with Crippen LogP contribution in [0.1, 0.15) is 70.5 Å². The third-order valence-electron chi connectivity index (χ3n) is 3.67. The first-order valence-electron chi connectivity index (χ1n) is 7.92. The number of rotatable bonds is 11. The smallest absolute Gasteiger partial charge is 0.103 e. The molecule has 20 heavy (non-hydrogen) atoms. The zero-order chi connectivity index (χ0) is 14.8. The molecule has 1 aromatic heterocycles. The Morgan fingerprint density at radius 3 is 2.50 bits per heavy atom. The van der Waals surface area contributed by atoms with E-state index in [1.54, 1.807) is 4.68 Å². The van der Waals surface area contributed by atoms with Gasteiger partial charge in [-0.3, -0.25) is 0 Å². The summed E-state index contributed by atoms with van der Waals surface area (Å²) >= 11 is 0. The molecule has 0 fully saturated rings. The second-order valence-electron chi connectivity index (χ2n) is 5.46. The molecule has 0 amide bonds. The quantitative estimate of drug-likeness (QED) is 0.612. The summed E-state index contributed by atoms with van der Waals surface area (Å²) in [7, 11) is 0. The van der Waals surface area contributed by atoms with E-state index >= 15 is 0 Å². The van der Waals surface area contributed by atoms with Gasteiger partial charge in [0, 0.05) is 6.20 Å². The van der Waals surface area contributed by atoms with Crippen LogP contribution in [0.15, 0.2) is 6.20 Å². The molecule has 5 heteroatoms. The van der Waals surface area contributed by atoms with Gasteiger partial charge in [-0.25, -0.2) is 4.68 Å². The summed E-state index contributed by atoms with van der Waals surface area (Å²) in [5, 5.41) is 27.8. The summed E-state index contributed by atoms with van der Waals surface area (Å²) in [5.74, 6) is 0. The van der Waals surface area contributed by atoms with Gasteiger partial charge in [-0.05, 0) is 19.3 Å². The van der Waals surface area contributed by atoms with E-state index in [-0.39, 0.29) is 12.6 Å². The van der Waals surface area contributed by atoms with Crippen molar-refractivity contribution in [2.75, 3.05) is 6.61 Å². The van der Waals surface area contributed by atoms with Gasteiger partial charge in [-0.15, -0.1) is 5.10 Å². The molecule has 0 saturated heterocycles. The van der Waals surface area contributed by atoms with Crippen molar-refractivity contribution < 1.29 is 10.2 Å². The van der Waals surface area contributed by atoms with Crippen LogP contribution in [-0.2, 0) is 6.42 Å². The molecular weight excluding hydrogens is 254 g/mol. The summed E-state index contributed by atoms with van der Waals surface area (Å²) < 4.78 is 1.62. The van der Waals surface area contributed by atoms with E-state index in [2.05, 4.69) is 24.2 Å². The minimum Gasteiger partial charge on any atom is -0.394 e. The molecule has 0 radical (unpaired) electrons. The molecule has 0 aliphatic heterocycles. The number of hydrogen-bond donors (Lipinski definition) is 2. The fraction of sp³-hybridized carbons (Fsp3) is 0.867. The summed E-state index contributed by atoms with van der Waals surface area (Å²) in [5.41, 5.74) is 0.942. The van der Waals surface area contributed by atoms with E-state index < -0.39 is 6.10 Å². The standard InChI is InChI=1S/C15H29N3O2/c1-3-5-7-9-13-11-18(17-16-13)14(12-19)15(20)10-8-6-4-2/h11,14-15,19-20H,3-10,12H2,1-2H3/t14-,15+/m0/s1. The maximum atomic E-state index is 10.2. The van der Waals surface area contributed by atoms with Crippen LogP contribution in [-0.4, -0.2) is 37.9 Å². The highest BCUT2D eigenvalue weighted by Crippen LogP contribution is 2.17. The lowest BCUT2D eigenvalue weighted by atomic mass is 10.0. The van der Waals surface area contributed by atoms with Crippen LogP contribution in [0.5, 0.6) is 0 Å². The molecule has 1 aromatic rings. The average Bonchev–Trinajstić information content (AvgIpc) is 2.89. The van der Waals surface area contributed by atoms with E-state index in [1.165, 1.54) is 12.8 Å². The zero-order valence-corrected chi connectivity index (χ0v) is 12.8. The highest BCUT2D eigenvalue weighted by Gasteiger charge is 2.21. The minimum atomic E-state index is -0.559. The molecule has 1 heterocycles. The van der Waals surface area contributed by atoms with Gasteiger partial charge in [0.1, 0.15) is 6.04 Å². The topological polar surface area (TPSA) is 71.2 Å². The van der Waals surface area contributed by atoms with Gasteiger partial charge in [-0.1, -0.05) is 51.2 Å². The second-order valence-corrected chi connectivity index (χ2v) is 5.46. The number of nitrogens with zero attached hydrogens (tertiary/aromatic N) is 3. The maximum Gasteiger partial charge on any atom is 0.103 e. The second kappa shape index (κ2) is 9.88. The maximum absolute atomic E-state index is 10.2. The molecule has 5 nitrogen and oxygen atoms in total. The van der Waals surface area contributed by atoms with Crippen LogP contribution in [0.2, 0.25) is 0 Å². The molecule has 0 aliphatic rings. The Kier molecular flexibility index (Phi) is 8.46. The van der Waals surface area contributed by atoms with E-state index in [1.807, 2.05) is 6.20 Å². The molecule has 0 aliphatic carbocycles. The molecule has 0 bridgehead atoms. The Morgan fingerprint density at radius 1 is 1.15 bits per heavy atom. The van der Waals surface area contributed by atoms with Crippen molar-refractivity contribution in [3.63, 3.8) is 0 Å². The molecule has 0 saturated carbocycles. The molecule has 0 aromatic carbocycles. The lowest BCUT2D eigenvalue weighted by Crippen LogP contribution is -2.27. The van der Waals surface area contributed by atoms with Crippen LogP contribution in [0, 0.1) is 0 Å². The average molecular weight is 283 g/mol. The third-order valence-corrected chi connectivity index (χ3v) is 3.67. The van der Waals surface area contributed by atoms with Crippen molar-refractivity contribution in [3.8, 4) is 0 Å². The first kappa shape index (κ1) is 17.1. The Bertz CT molecular complexity index is 355. The van der Waals surface area contributed by atoms with Gasteiger partial charge in [-0.2, -0.15) is 0 Å². The van der Waals surface area contributed by atoms with E-state index in [0.717, 1.165) is 37.8 Å². The van der Waals surface area contributed by atoms with Crippen LogP contribution >= 0.6 is 0 Å². The van der Waals surface area contributed by atoms with Gasteiger partial charge >= 0.3 is 0 Å². The van der Waals surface area contributed by atoms with E-state index in [0.29, 0.717) is 6.42 Å². The number of aliphatic hydroxyl groups is 2. The predicted octanol–water partition coefficient (Wildman–Crippen LogP) is 2.49. The van der Waals surface area contributed by atoms with Gasteiger partial charge in [0.25, 0.3) is 0 Å². The summed E-state index contributed by atoms with van der Waals surface area (Å²) in [6.07, 6.45) is 9.61. The summed E-state index contributed by atoms with van der Waals surface area (Å²) in [6.45, 7) is 4.20. The van der Waals surface area contributed by atoms with Crippen LogP contribution in [0.4, 0.5) is 0 Å². The van der Waals surface area contributed by atoms with Crippen molar-refractivity contribution in [1.29, 1.82) is 0 Å². The first-order chi connectivity index (χ1) is 9.72. The zero-order valence-electron chi connectivity index (χ0n) is 12.8. The van der Waals surface area contributed by atoms with E-state index in [4.69, 9.17) is 0 Å². The molecule has 0 spiro atoms. The van der Waals surface area contributed by atoms with Crippen molar-refractivity contribution in [2.24, 2.45) is 0 Å². The Labute approximate surface area is 122 Å². The van der Waals surface area contributed by atoms with Gasteiger partial charge in [0.05, 0.1) is 18.4 Å². The van der Waals surface area contributed by atoms with Crippen molar-refractivity contribution in [1.82, 2.24) is 15.0 Å². The van der Waals surface area contributed by atoms with Crippen LogP contribution < -0.4 is 0 Å². The lowest BCUT2D eigenvalue weighted by molar-refractivity contribution is 0.0579. The lowest BCUT2D eigenvalue weighted by Gasteiger charge is -2.20. The normalized spacial score (nSPS) is 14.4. The molecular formula is C15H29N3O2. The number of aliphatic hydroxyl groups excluding tert-OH is 2. The number of unbranched alkanes of at least 4 members (excludes halogenated alkanes) is 4. The van der Waals surface area contributed by atoms with Gasteiger partial charge in [0.15, 0.2) is 0 Å². The largest absolute Gasteiger partial charge is 0.394 e. The molecule has 0 unspecified atom stereocenters. The van der Waals surface area contributed by atoms with Gasteiger partial charge in [0.2, 0.25) is 0 Å². The molecule has 2 atom stereocenters. The third kappa shape index (κ3) is 5.59.